The van der Waals surface area contributed by atoms with Crippen LogP contribution in [0, 0.1) is 12.8 Å². The molecule has 0 spiro atoms. The van der Waals surface area contributed by atoms with Crippen LogP contribution >= 0.6 is 0 Å². The first-order valence-electron chi connectivity index (χ1n) is 8.66. The lowest BCUT2D eigenvalue weighted by Crippen LogP contribution is -2.31. The molecule has 1 aliphatic heterocycles. The summed E-state index contributed by atoms with van der Waals surface area (Å²) < 4.78 is 10.8. The van der Waals surface area contributed by atoms with Gasteiger partial charge in [0.15, 0.2) is 0 Å². The fourth-order valence-corrected chi connectivity index (χ4v) is 3.67. The lowest BCUT2D eigenvalue weighted by Gasteiger charge is -2.18. The van der Waals surface area contributed by atoms with Gasteiger partial charge in [0, 0.05) is 25.5 Å². The van der Waals surface area contributed by atoms with Crippen molar-refractivity contribution in [1.82, 2.24) is 4.90 Å². The highest BCUT2D eigenvalue weighted by Gasteiger charge is 2.28. The van der Waals surface area contributed by atoms with Crippen LogP contribution in [-0.4, -0.2) is 30.0 Å². The van der Waals surface area contributed by atoms with Gasteiger partial charge in [-0.2, -0.15) is 0 Å². The average Bonchev–Trinajstić information content (AvgIpc) is 3.15. The Hall–Kier alpha value is -1.78. The van der Waals surface area contributed by atoms with E-state index in [2.05, 4.69) is 0 Å². The summed E-state index contributed by atoms with van der Waals surface area (Å²) in [4.78, 5) is 25.6. The number of nitrogens with zero attached hydrogens (tertiary/aromatic N) is 1. The molecule has 2 fully saturated rings. The largest absolute Gasteiger partial charge is 0.488 e. The van der Waals surface area contributed by atoms with E-state index in [0.29, 0.717) is 24.5 Å². The highest BCUT2D eigenvalue weighted by Crippen LogP contribution is 2.29. The van der Waals surface area contributed by atoms with Crippen LogP contribution in [0.3, 0.4) is 0 Å². The molecule has 1 aliphatic carbocycles. The summed E-state index contributed by atoms with van der Waals surface area (Å²) in [5, 5.41) is 0. The highest BCUT2D eigenvalue weighted by molar-refractivity contribution is 5.76. The maximum Gasteiger partial charge on any atom is 0.339 e. The molecule has 1 aromatic heterocycles. The molecule has 5 heteroatoms. The van der Waals surface area contributed by atoms with Gasteiger partial charge in [-0.1, -0.05) is 25.7 Å². The third-order valence-corrected chi connectivity index (χ3v) is 4.91. The monoisotopic (exact) mass is 319 g/mol. The fourth-order valence-electron chi connectivity index (χ4n) is 3.67. The van der Waals surface area contributed by atoms with Gasteiger partial charge in [-0.05, 0) is 19.3 Å². The van der Waals surface area contributed by atoms with Crippen molar-refractivity contribution in [3.8, 4) is 5.75 Å². The predicted molar refractivity (Wildman–Crippen MR) is 86.5 cm³/mol. The van der Waals surface area contributed by atoms with Crippen LogP contribution < -0.4 is 10.4 Å². The first kappa shape index (κ1) is 16.1. The van der Waals surface area contributed by atoms with Gasteiger partial charge >= 0.3 is 5.63 Å². The van der Waals surface area contributed by atoms with Crippen molar-refractivity contribution >= 4 is 5.91 Å². The lowest BCUT2D eigenvalue weighted by atomic mass is 10.0. The van der Waals surface area contributed by atoms with Gasteiger partial charge < -0.3 is 14.1 Å². The number of hydrogen-bond acceptors (Lipinski definition) is 4. The molecular formula is C18H25NO4. The molecule has 5 nitrogen and oxygen atoms in total. The van der Waals surface area contributed by atoms with E-state index >= 15 is 0 Å². The van der Waals surface area contributed by atoms with E-state index in [0.717, 1.165) is 25.3 Å². The van der Waals surface area contributed by atoms with Crippen molar-refractivity contribution < 1.29 is 13.9 Å². The first-order chi connectivity index (χ1) is 11.1. The maximum absolute atomic E-state index is 12.3. The van der Waals surface area contributed by atoms with E-state index < -0.39 is 5.63 Å². The normalized spacial score (nSPS) is 21.8. The lowest BCUT2D eigenvalue weighted by molar-refractivity contribution is -0.130. The molecule has 2 heterocycles. The number of ether oxygens (including phenoxy) is 1. The van der Waals surface area contributed by atoms with Gasteiger partial charge in [0.25, 0.3) is 0 Å². The minimum absolute atomic E-state index is 0.0355. The van der Waals surface area contributed by atoms with Gasteiger partial charge in [-0.3, -0.25) is 4.79 Å². The molecule has 23 heavy (non-hydrogen) atoms. The van der Waals surface area contributed by atoms with Crippen molar-refractivity contribution in [3.63, 3.8) is 0 Å². The van der Waals surface area contributed by atoms with Gasteiger partial charge in [0.2, 0.25) is 5.91 Å². The summed E-state index contributed by atoms with van der Waals surface area (Å²) in [6.45, 7) is 3.08. The van der Waals surface area contributed by atoms with E-state index in [1.807, 2.05) is 4.90 Å². The maximum atomic E-state index is 12.3. The van der Waals surface area contributed by atoms with E-state index in [1.165, 1.54) is 31.7 Å². The standard InChI is InChI=1S/C18H25NO4/c1-13-10-16(11-18(21)22-13)23-15-8-9-19(12-15)17(20)7-6-14-4-2-3-5-14/h10-11,14-15H,2-9,12H2,1H3. The Morgan fingerprint density at radius 2 is 2.09 bits per heavy atom. The summed E-state index contributed by atoms with van der Waals surface area (Å²) in [5.74, 6) is 2.06. The Morgan fingerprint density at radius 1 is 1.30 bits per heavy atom. The van der Waals surface area contributed by atoms with Crippen LogP contribution in [0.1, 0.15) is 50.7 Å². The molecule has 1 aromatic rings. The van der Waals surface area contributed by atoms with Crippen LogP contribution in [0.25, 0.3) is 0 Å². The number of rotatable bonds is 5. The molecule has 0 bridgehead atoms. The van der Waals surface area contributed by atoms with Gasteiger partial charge in [0.05, 0.1) is 12.6 Å². The predicted octanol–water partition coefficient (Wildman–Crippen LogP) is 2.90. The zero-order chi connectivity index (χ0) is 16.2. The van der Waals surface area contributed by atoms with E-state index in [1.54, 1.807) is 13.0 Å². The first-order valence-corrected chi connectivity index (χ1v) is 8.66. The minimum atomic E-state index is -0.400. The van der Waals surface area contributed by atoms with Crippen molar-refractivity contribution in [2.75, 3.05) is 13.1 Å². The van der Waals surface area contributed by atoms with Gasteiger partial charge in [-0.25, -0.2) is 4.79 Å². The van der Waals surface area contributed by atoms with Crippen molar-refractivity contribution in [3.05, 3.63) is 28.3 Å². The van der Waals surface area contributed by atoms with Crippen molar-refractivity contribution in [2.24, 2.45) is 5.92 Å². The molecule has 3 rings (SSSR count). The number of amides is 1. The number of likely N-dealkylation sites (tertiary alicyclic amines) is 1. The van der Waals surface area contributed by atoms with E-state index in [-0.39, 0.29) is 12.0 Å². The van der Waals surface area contributed by atoms with E-state index in [9.17, 15) is 9.59 Å². The van der Waals surface area contributed by atoms with Crippen molar-refractivity contribution in [1.29, 1.82) is 0 Å². The Morgan fingerprint density at radius 3 is 2.83 bits per heavy atom. The number of hydrogen-bond donors (Lipinski definition) is 0. The molecular weight excluding hydrogens is 294 g/mol. The average molecular weight is 319 g/mol. The summed E-state index contributed by atoms with van der Waals surface area (Å²) in [6, 6.07) is 3.07. The van der Waals surface area contributed by atoms with Crippen LogP contribution in [0.15, 0.2) is 21.3 Å². The van der Waals surface area contributed by atoms with Crippen molar-refractivity contribution in [2.45, 2.75) is 58.0 Å². The Kier molecular flexibility index (Phi) is 5.03. The van der Waals surface area contributed by atoms with E-state index in [4.69, 9.17) is 9.15 Å². The van der Waals surface area contributed by atoms with Crippen LogP contribution in [0.5, 0.6) is 5.75 Å². The second-order valence-corrected chi connectivity index (χ2v) is 6.78. The molecule has 0 N–H and O–H groups in total. The number of carbonyl (C=O) groups excluding carboxylic acids is 1. The summed E-state index contributed by atoms with van der Waals surface area (Å²) in [5.41, 5.74) is -0.400. The number of carbonyl (C=O) groups is 1. The highest BCUT2D eigenvalue weighted by atomic mass is 16.5. The third-order valence-electron chi connectivity index (χ3n) is 4.91. The number of aryl methyl sites for hydroxylation is 1. The molecule has 2 aliphatic rings. The SMILES string of the molecule is Cc1cc(OC2CCN(C(=O)CCC3CCCC3)C2)cc(=O)o1. The molecule has 1 unspecified atom stereocenters. The van der Waals surface area contributed by atoms with Crippen LogP contribution in [-0.2, 0) is 4.79 Å². The summed E-state index contributed by atoms with van der Waals surface area (Å²) in [7, 11) is 0. The molecule has 126 valence electrons. The second-order valence-electron chi connectivity index (χ2n) is 6.78. The Bertz CT molecular complexity index is 603. The topological polar surface area (TPSA) is 59.8 Å². The molecule has 1 saturated heterocycles. The van der Waals surface area contributed by atoms with Crippen LogP contribution in [0.4, 0.5) is 0 Å². The Balaban J connectivity index is 1.47. The van der Waals surface area contributed by atoms with Gasteiger partial charge in [-0.15, -0.1) is 0 Å². The zero-order valence-corrected chi connectivity index (χ0v) is 13.8. The minimum Gasteiger partial charge on any atom is -0.488 e. The Labute approximate surface area is 136 Å². The summed E-state index contributed by atoms with van der Waals surface area (Å²) in [6.07, 6.45) is 7.68. The molecule has 1 saturated carbocycles. The third kappa shape index (κ3) is 4.36. The molecule has 0 radical (unpaired) electrons. The molecule has 1 amide bonds. The second kappa shape index (κ2) is 7.20. The molecule has 0 aromatic carbocycles. The van der Waals surface area contributed by atoms with Gasteiger partial charge in [0.1, 0.15) is 17.6 Å². The quantitative estimate of drug-likeness (QED) is 0.837. The summed E-state index contributed by atoms with van der Waals surface area (Å²) >= 11 is 0. The van der Waals surface area contributed by atoms with Crippen LogP contribution in [0.2, 0.25) is 0 Å². The smallest absolute Gasteiger partial charge is 0.339 e. The zero-order valence-electron chi connectivity index (χ0n) is 13.8. The fraction of sp³-hybridized carbons (Fsp3) is 0.667. The molecule has 1 atom stereocenters.